The van der Waals surface area contributed by atoms with E-state index in [0.29, 0.717) is 13.1 Å². The van der Waals surface area contributed by atoms with E-state index < -0.39 is 18.1 Å². The molecule has 0 saturated carbocycles. The van der Waals surface area contributed by atoms with Gasteiger partial charge in [-0.2, -0.15) is 13.2 Å². The van der Waals surface area contributed by atoms with Gasteiger partial charge in [0.2, 0.25) is 0 Å². The van der Waals surface area contributed by atoms with Crippen molar-refractivity contribution in [2.75, 3.05) is 13.1 Å². The van der Waals surface area contributed by atoms with Crippen molar-refractivity contribution < 1.29 is 18.0 Å². The number of hydrogen-bond donors (Lipinski definition) is 2. The number of halogens is 4. The van der Waals surface area contributed by atoms with E-state index in [1.165, 1.54) is 0 Å². The Kier molecular flexibility index (Phi) is 4.42. The Morgan fingerprint density at radius 2 is 2.00 bits per heavy atom. The molecule has 3 nitrogen and oxygen atoms in total. The van der Waals surface area contributed by atoms with Gasteiger partial charge in [-0.15, -0.1) is 12.4 Å². The van der Waals surface area contributed by atoms with Crippen molar-refractivity contribution in [2.45, 2.75) is 26.1 Å². The summed E-state index contributed by atoms with van der Waals surface area (Å²) >= 11 is 0. The highest BCUT2D eigenvalue weighted by Gasteiger charge is 2.43. The lowest BCUT2D eigenvalue weighted by atomic mass is 9.88. The molecule has 90 valence electrons. The van der Waals surface area contributed by atoms with Crippen LogP contribution < -0.4 is 10.6 Å². The highest BCUT2D eigenvalue weighted by Crippen LogP contribution is 2.25. The van der Waals surface area contributed by atoms with Crippen molar-refractivity contribution in [1.82, 2.24) is 10.6 Å². The molecule has 1 aliphatic rings. The first-order valence-electron chi connectivity index (χ1n) is 4.32. The van der Waals surface area contributed by atoms with Gasteiger partial charge >= 0.3 is 12.1 Å². The van der Waals surface area contributed by atoms with Crippen LogP contribution in [-0.4, -0.2) is 31.2 Å². The molecule has 1 fully saturated rings. The van der Waals surface area contributed by atoms with Gasteiger partial charge in [0.1, 0.15) is 0 Å². The molecule has 15 heavy (non-hydrogen) atoms. The number of alkyl halides is 3. The zero-order valence-electron chi connectivity index (χ0n) is 8.44. The molecule has 1 amide bonds. The molecular formula is C8H14ClF3N2O. The van der Waals surface area contributed by atoms with Gasteiger partial charge in [0, 0.05) is 19.1 Å². The molecule has 0 aliphatic carbocycles. The van der Waals surface area contributed by atoms with Crippen LogP contribution in [0.15, 0.2) is 0 Å². The Morgan fingerprint density at radius 1 is 1.47 bits per heavy atom. The van der Waals surface area contributed by atoms with Crippen LogP contribution in [0.1, 0.15) is 13.8 Å². The van der Waals surface area contributed by atoms with Crippen molar-refractivity contribution in [3.63, 3.8) is 0 Å². The summed E-state index contributed by atoms with van der Waals surface area (Å²) in [6.07, 6.45) is -4.79. The average Bonchev–Trinajstić information content (AvgIpc) is 2.29. The first-order chi connectivity index (χ1) is 6.23. The molecule has 1 aliphatic heterocycles. The van der Waals surface area contributed by atoms with Crippen molar-refractivity contribution in [1.29, 1.82) is 0 Å². The highest BCUT2D eigenvalue weighted by molar-refractivity contribution is 5.85. The van der Waals surface area contributed by atoms with Crippen LogP contribution in [0, 0.1) is 5.41 Å². The fourth-order valence-corrected chi connectivity index (χ4v) is 1.42. The summed E-state index contributed by atoms with van der Waals surface area (Å²) < 4.78 is 35.8. The van der Waals surface area contributed by atoms with Gasteiger partial charge in [0.25, 0.3) is 0 Å². The fourth-order valence-electron chi connectivity index (χ4n) is 1.42. The van der Waals surface area contributed by atoms with Crippen molar-refractivity contribution in [2.24, 2.45) is 5.41 Å². The van der Waals surface area contributed by atoms with Crippen LogP contribution in [0.25, 0.3) is 0 Å². The van der Waals surface area contributed by atoms with Crippen LogP contribution in [0.4, 0.5) is 13.2 Å². The quantitative estimate of drug-likeness (QED) is 0.727. The van der Waals surface area contributed by atoms with E-state index in [1.54, 1.807) is 0 Å². The zero-order chi connectivity index (χ0) is 11.0. The Balaban J connectivity index is 0.00000196. The van der Waals surface area contributed by atoms with Gasteiger partial charge in [-0.05, 0) is 5.41 Å². The Labute approximate surface area is 92.2 Å². The van der Waals surface area contributed by atoms with Crippen molar-refractivity contribution >= 4 is 18.3 Å². The largest absolute Gasteiger partial charge is 0.471 e. The molecule has 1 heterocycles. The van der Waals surface area contributed by atoms with E-state index in [-0.39, 0.29) is 17.8 Å². The number of rotatable bonds is 1. The Morgan fingerprint density at radius 3 is 2.33 bits per heavy atom. The monoisotopic (exact) mass is 246 g/mol. The highest BCUT2D eigenvalue weighted by atomic mass is 35.5. The summed E-state index contributed by atoms with van der Waals surface area (Å²) in [5, 5.41) is 4.92. The topological polar surface area (TPSA) is 41.1 Å². The SMILES string of the molecule is CC1(C)CNC[C@H]1NC(=O)C(F)(F)F.Cl. The summed E-state index contributed by atoms with van der Waals surface area (Å²) in [4.78, 5) is 10.6. The number of carbonyl (C=O) groups excluding carboxylic acids is 1. The summed E-state index contributed by atoms with van der Waals surface area (Å²) in [6, 6.07) is -0.461. The lowest BCUT2D eigenvalue weighted by Crippen LogP contribution is -2.49. The zero-order valence-corrected chi connectivity index (χ0v) is 9.26. The third-order valence-corrected chi connectivity index (χ3v) is 2.44. The predicted octanol–water partition coefficient (Wildman–Crippen LogP) is 1.08. The smallest absolute Gasteiger partial charge is 0.344 e. The first kappa shape index (κ1) is 14.5. The molecule has 0 aromatic carbocycles. The van der Waals surface area contributed by atoms with Crippen molar-refractivity contribution in [3.8, 4) is 0 Å². The molecule has 0 spiro atoms. The second-order valence-electron chi connectivity index (χ2n) is 4.14. The molecule has 0 aromatic heterocycles. The van der Waals surface area contributed by atoms with Crippen LogP contribution in [0.3, 0.4) is 0 Å². The second-order valence-corrected chi connectivity index (χ2v) is 4.14. The summed E-state index contributed by atoms with van der Waals surface area (Å²) in [6.45, 7) is 4.62. The number of amides is 1. The minimum Gasteiger partial charge on any atom is -0.344 e. The van der Waals surface area contributed by atoms with E-state index in [0.717, 1.165) is 0 Å². The molecule has 0 bridgehead atoms. The molecule has 1 rings (SSSR count). The molecule has 1 atom stereocenters. The molecule has 0 radical (unpaired) electrons. The Bertz CT molecular complexity index is 243. The summed E-state index contributed by atoms with van der Waals surface area (Å²) in [5.74, 6) is -1.86. The standard InChI is InChI=1S/C8H13F3N2O.ClH/c1-7(2)4-12-3-5(7)13-6(14)8(9,10)11;/h5,12H,3-4H2,1-2H3,(H,13,14);1H/t5-;/m1./s1. The minimum atomic E-state index is -4.79. The Hall–Kier alpha value is -0.490. The lowest BCUT2D eigenvalue weighted by molar-refractivity contribution is -0.174. The number of nitrogens with one attached hydrogen (secondary N) is 2. The first-order valence-corrected chi connectivity index (χ1v) is 4.32. The van der Waals surface area contributed by atoms with Gasteiger partial charge < -0.3 is 10.6 Å². The number of carbonyl (C=O) groups is 1. The van der Waals surface area contributed by atoms with Gasteiger partial charge in [-0.25, -0.2) is 0 Å². The van der Waals surface area contributed by atoms with Gasteiger partial charge in [-0.1, -0.05) is 13.8 Å². The van der Waals surface area contributed by atoms with Gasteiger partial charge in [0.15, 0.2) is 0 Å². The molecule has 7 heteroatoms. The second kappa shape index (κ2) is 4.57. The maximum absolute atomic E-state index is 11.9. The maximum Gasteiger partial charge on any atom is 0.471 e. The van der Waals surface area contributed by atoms with Crippen molar-refractivity contribution in [3.05, 3.63) is 0 Å². The van der Waals surface area contributed by atoms with E-state index in [4.69, 9.17) is 0 Å². The van der Waals surface area contributed by atoms with Crippen LogP contribution in [0.2, 0.25) is 0 Å². The van der Waals surface area contributed by atoms with Crippen LogP contribution >= 0.6 is 12.4 Å². The van der Waals surface area contributed by atoms with E-state index >= 15 is 0 Å². The third kappa shape index (κ3) is 3.53. The summed E-state index contributed by atoms with van der Waals surface area (Å²) in [5.41, 5.74) is -0.332. The van der Waals surface area contributed by atoms with Crippen LogP contribution in [-0.2, 0) is 4.79 Å². The third-order valence-electron chi connectivity index (χ3n) is 2.44. The summed E-state index contributed by atoms with van der Waals surface area (Å²) in [7, 11) is 0. The maximum atomic E-state index is 11.9. The molecule has 1 saturated heterocycles. The van der Waals surface area contributed by atoms with Gasteiger partial charge in [-0.3, -0.25) is 4.79 Å². The van der Waals surface area contributed by atoms with Crippen LogP contribution in [0.5, 0.6) is 0 Å². The van der Waals surface area contributed by atoms with E-state index in [2.05, 4.69) is 5.32 Å². The predicted molar refractivity (Wildman–Crippen MR) is 51.9 cm³/mol. The molecule has 0 unspecified atom stereocenters. The normalized spacial score (nSPS) is 24.5. The molecule has 0 aromatic rings. The lowest BCUT2D eigenvalue weighted by Gasteiger charge is -2.26. The fraction of sp³-hybridized carbons (Fsp3) is 0.875. The number of hydrogen-bond acceptors (Lipinski definition) is 2. The van der Waals surface area contributed by atoms with Gasteiger partial charge in [0.05, 0.1) is 0 Å². The van der Waals surface area contributed by atoms with E-state index in [9.17, 15) is 18.0 Å². The van der Waals surface area contributed by atoms with E-state index in [1.807, 2.05) is 19.2 Å². The minimum absolute atomic E-state index is 0. The molecule has 2 N–H and O–H groups in total. The molecular weight excluding hydrogens is 233 g/mol. The average molecular weight is 247 g/mol.